The van der Waals surface area contributed by atoms with E-state index in [1.807, 2.05) is 24.0 Å². The minimum atomic E-state index is -0.119. The highest BCUT2D eigenvalue weighted by Crippen LogP contribution is 2.37. The lowest BCUT2D eigenvalue weighted by atomic mass is 10.1. The molecule has 2 heterocycles. The van der Waals surface area contributed by atoms with Gasteiger partial charge in [-0.2, -0.15) is 0 Å². The van der Waals surface area contributed by atoms with Crippen LogP contribution in [-0.2, 0) is 17.8 Å². The summed E-state index contributed by atoms with van der Waals surface area (Å²) in [7, 11) is 1.67. The summed E-state index contributed by atoms with van der Waals surface area (Å²) in [6, 6.07) is 18.6. The fourth-order valence-electron chi connectivity index (χ4n) is 4.28. The first-order valence-electron chi connectivity index (χ1n) is 11.3. The maximum Gasteiger partial charge on any atom is 0.322 e. The maximum atomic E-state index is 13.5. The van der Waals surface area contributed by atoms with Crippen LogP contribution in [0.5, 0.6) is 0 Å². The van der Waals surface area contributed by atoms with Gasteiger partial charge in [0.2, 0.25) is 0 Å². The predicted molar refractivity (Wildman–Crippen MR) is 138 cm³/mol. The zero-order valence-electron chi connectivity index (χ0n) is 19.7. The van der Waals surface area contributed by atoms with Crippen LogP contribution < -0.4 is 5.32 Å². The number of para-hydroxylation sites is 1. The number of ether oxygens (including phenoxy) is 1. The molecular formula is C27H31N3O2S. The number of aromatic nitrogens is 1. The summed E-state index contributed by atoms with van der Waals surface area (Å²) in [5.74, 6) is 0. The van der Waals surface area contributed by atoms with Crippen LogP contribution in [0.4, 0.5) is 10.5 Å². The van der Waals surface area contributed by atoms with E-state index in [1.54, 1.807) is 18.4 Å². The SMILES string of the molecule is CCn1c(-c2cccs2)c(CN(CCOC)C(=O)Nc2cccc(C)c2C)c2ccccc21. The zero-order chi connectivity index (χ0) is 23.4. The molecule has 5 nitrogen and oxygen atoms in total. The third-order valence-corrected chi connectivity index (χ3v) is 7.07. The van der Waals surface area contributed by atoms with E-state index in [1.165, 1.54) is 27.0 Å². The molecule has 33 heavy (non-hydrogen) atoms. The zero-order valence-corrected chi connectivity index (χ0v) is 20.5. The van der Waals surface area contributed by atoms with Gasteiger partial charge in [-0.1, -0.05) is 36.4 Å². The molecule has 0 fully saturated rings. The van der Waals surface area contributed by atoms with E-state index >= 15 is 0 Å². The first kappa shape index (κ1) is 23.1. The number of nitrogens with one attached hydrogen (secondary N) is 1. The fraction of sp³-hybridized carbons (Fsp3) is 0.296. The Balaban J connectivity index is 1.75. The van der Waals surface area contributed by atoms with Crippen LogP contribution in [0.3, 0.4) is 0 Å². The summed E-state index contributed by atoms with van der Waals surface area (Å²) in [6.45, 7) is 8.60. The van der Waals surface area contributed by atoms with Crippen LogP contribution in [-0.4, -0.2) is 35.8 Å². The number of benzene rings is 2. The number of carbonyl (C=O) groups is 1. The lowest BCUT2D eigenvalue weighted by molar-refractivity contribution is 0.153. The first-order valence-corrected chi connectivity index (χ1v) is 12.2. The van der Waals surface area contributed by atoms with Crippen molar-refractivity contribution in [1.82, 2.24) is 9.47 Å². The lowest BCUT2D eigenvalue weighted by Gasteiger charge is -2.24. The van der Waals surface area contributed by atoms with Crippen molar-refractivity contribution in [1.29, 1.82) is 0 Å². The molecule has 2 amide bonds. The number of methoxy groups -OCH3 is 1. The summed E-state index contributed by atoms with van der Waals surface area (Å²) in [6.07, 6.45) is 0. The summed E-state index contributed by atoms with van der Waals surface area (Å²) in [4.78, 5) is 16.5. The topological polar surface area (TPSA) is 46.5 Å². The third kappa shape index (κ3) is 4.68. The van der Waals surface area contributed by atoms with Crippen molar-refractivity contribution in [3.8, 4) is 10.6 Å². The molecule has 1 N–H and O–H groups in total. The monoisotopic (exact) mass is 461 g/mol. The van der Waals surface area contributed by atoms with E-state index in [9.17, 15) is 4.79 Å². The van der Waals surface area contributed by atoms with Crippen molar-refractivity contribution in [2.24, 2.45) is 0 Å². The minimum absolute atomic E-state index is 0.119. The number of anilines is 1. The van der Waals surface area contributed by atoms with Crippen LogP contribution in [0, 0.1) is 13.8 Å². The second-order valence-electron chi connectivity index (χ2n) is 8.16. The third-order valence-electron chi connectivity index (χ3n) is 6.19. The molecule has 0 atom stereocenters. The molecule has 0 spiro atoms. The number of fused-ring (bicyclic) bond motifs is 1. The van der Waals surface area contributed by atoms with Gasteiger partial charge in [0, 0.05) is 42.4 Å². The predicted octanol–water partition coefficient (Wildman–Crippen LogP) is 6.69. The van der Waals surface area contributed by atoms with Gasteiger partial charge in [0.15, 0.2) is 0 Å². The molecule has 4 aromatic rings. The van der Waals surface area contributed by atoms with Crippen LogP contribution in [0.25, 0.3) is 21.5 Å². The number of nitrogens with zero attached hydrogens (tertiary/aromatic N) is 2. The molecule has 0 aliphatic rings. The molecule has 2 aromatic carbocycles. The molecular weight excluding hydrogens is 430 g/mol. The molecule has 4 rings (SSSR count). The van der Waals surface area contributed by atoms with Gasteiger partial charge in [0.05, 0.1) is 23.7 Å². The summed E-state index contributed by atoms with van der Waals surface area (Å²) < 4.78 is 7.70. The van der Waals surface area contributed by atoms with Crippen LogP contribution >= 0.6 is 11.3 Å². The smallest absolute Gasteiger partial charge is 0.322 e. The Morgan fingerprint density at radius 1 is 1.09 bits per heavy atom. The average molecular weight is 462 g/mol. The fourth-order valence-corrected chi connectivity index (χ4v) is 5.09. The minimum Gasteiger partial charge on any atom is -0.383 e. The molecule has 0 aliphatic heterocycles. The van der Waals surface area contributed by atoms with Crippen molar-refractivity contribution in [3.05, 3.63) is 76.7 Å². The van der Waals surface area contributed by atoms with Gasteiger partial charge in [-0.15, -0.1) is 11.3 Å². The van der Waals surface area contributed by atoms with E-state index in [4.69, 9.17) is 4.74 Å². The number of urea groups is 1. The number of aryl methyl sites for hydroxylation is 2. The van der Waals surface area contributed by atoms with Gasteiger partial charge in [0.1, 0.15) is 0 Å². The normalized spacial score (nSPS) is 11.2. The van der Waals surface area contributed by atoms with E-state index in [-0.39, 0.29) is 6.03 Å². The molecule has 0 bridgehead atoms. The van der Waals surface area contributed by atoms with Crippen molar-refractivity contribution in [3.63, 3.8) is 0 Å². The molecule has 0 aliphatic carbocycles. The summed E-state index contributed by atoms with van der Waals surface area (Å²) in [5, 5.41) is 6.42. The van der Waals surface area contributed by atoms with Gasteiger partial charge in [-0.3, -0.25) is 0 Å². The number of rotatable bonds is 8. The molecule has 0 unspecified atom stereocenters. The highest BCUT2D eigenvalue weighted by molar-refractivity contribution is 7.13. The quantitative estimate of drug-likeness (QED) is 0.318. The van der Waals surface area contributed by atoms with Crippen molar-refractivity contribution >= 4 is 34.0 Å². The molecule has 0 saturated carbocycles. The standard InChI is InChI=1S/C27H31N3O2S/c1-5-30-24-13-7-6-11-21(24)22(26(30)25-14-9-17-33-25)18-29(15-16-32-4)27(31)28-23-12-8-10-19(2)20(23)3/h6-14,17H,5,15-16,18H2,1-4H3,(H,28,31). The molecule has 0 radical (unpaired) electrons. The molecule has 172 valence electrons. The number of hydrogen-bond acceptors (Lipinski definition) is 3. The van der Waals surface area contributed by atoms with Crippen molar-refractivity contribution < 1.29 is 9.53 Å². The first-order chi connectivity index (χ1) is 16.0. The van der Waals surface area contributed by atoms with Gasteiger partial charge < -0.3 is 19.5 Å². The van der Waals surface area contributed by atoms with Gasteiger partial charge in [-0.25, -0.2) is 4.79 Å². The Morgan fingerprint density at radius 3 is 2.64 bits per heavy atom. The Kier molecular flexibility index (Phi) is 7.16. The van der Waals surface area contributed by atoms with Gasteiger partial charge in [0.25, 0.3) is 0 Å². The molecule has 2 aromatic heterocycles. The maximum absolute atomic E-state index is 13.5. The Labute approximate surface area is 199 Å². The Morgan fingerprint density at radius 2 is 1.91 bits per heavy atom. The largest absolute Gasteiger partial charge is 0.383 e. The van der Waals surface area contributed by atoms with E-state index in [0.29, 0.717) is 19.7 Å². The van der Waals surface area contributed by atoms with Gasteiger partial charge >= 0.3 is 6.03 Å². The summed E-state index contributed by atoms with van der Waals surface area (Å²) >= 11 is 1.73. The number of hydrogen-bond donors (Lipinski definition) is 1. The van der Waals surface area contributed by atoms with Crippen molar-refractivity contribution in [2.75, 3.05) is 25.6 Å². The number of carbonyl (C=O) groups excluding carboxylic acids is 1. The van der Waals surface area contributed by atoms with E-state index in [0.717, 1.165) is 23.4 Å². The lowest BCUT2D eigenvalue weighted by Crippen LogP contribution is -2.37. The Hall–Kier alpha value is -3.09. The highest BCUT2D eigenvalue weighted by Gasteiger charge is 2.23. The van der Waals surface area contributed by atoms with Crippen LogP contribution in [0.15, 0.2) is 60.0 Å². The van der Waals surface area contributed by atoms with E-state index < -0.39 is 0 Å². The molecule has 0 saturated heterocycles. The number of thiophene rings is 1. The summed E-state index contributed by atoms with van der Waals surface area (Å²) in [5.41, 5.74) is 6.64. The van der Waals surface area contributed by atoms with Crippen molar-refractivity contribution in [2.45, 2.75) is 33.9 Å². The number of amides is 2. The van der Waals surface area contributed by atoms with Gasteiger partial charge in [-0.05, 0) is 55.5 Å². The molecule has 6 heteroatoms. The van der Waals surface area contributed by atoms with Crippen LogP contribution in [0.2, 0.25) is 0 Å². The Bertz CT molecular complexity index is 1240. The highest BCUT2D eigenvalue weighted by atomic mass is 32.1. The second kappa shape index (κ2) is 10.2. The van der Waals surface area contributed by atoms with Crippen LogP contribution in [0.1, 0.15) is 23.6 Å². The average Bonchev–Trinajstić information content (AvgIpc) is 3.45. The second-order valence-corrected chi connectivity index (χ2v) is 9.11. The van der Waals surface area contributed by atoms with E-state index in [2.05, 4.69) is 71.6 Å².